The van der Waals surface area contributed by atoms with E-state index in [-0.39, 0.29) is 5.56 Å². The average molecular weight is 295 g/mol. The second-order valence-electron chi connectivity index (χ2n) is 4.68. The van der Waals surface area contributed by atoms with Crippen molar-refractivity contribution in [1.82, 2.24) is 15.3 Å². The summed E-state index contributed by atoms with van der Waals surface area (Å²) in [5.41, 5.74) is 0.950. The molecule has 0 amide bonds. The fraction of sp³-hybridized carbons (Fsp3) is 0.333. The summed E-state index contributed by atoms with van der Waals surface area (Å²) in [4.78, 5) is 7.94. The SMILES string of the molecule is CCNC(c1ccnc(C)c1)c1cnccc1C(F)(F)F. The maximum atomic E-state index is 13.2. The third-order valence-corrected chi connectivity index (χ3v) is 3.13. The first-order chi connectivity index (χ1) is 9.93. The number of alkyl halides is 3. The second-order valence-corrected chi connectivity index (χ2v) is 4.68. The highest BCUT2D eigenvalue weighted by atomic mass is 19.4. The molecule has 1 atom stereocenters. The molecule has 3 nitrogen and oxygen atoms in total. The molecule has 2 heterocycles. The number of aromatic nitrogens is 2. The third kappa shape index (κ3) is 3.58. The minimum Gasteiger partial charge on any atom is -0.306 e. The van der Waals surface area contributed by atoms with Gasteiger partial charge in [0, 0.05) is 29.8 Å². The molecule has 2 aromatic heterocycles. The molecule has 0 saturated carbocycles. The molecule has 0 saturated heterocycles. The molecule has 0 fully saturated rings. The summed E-state index contributed by atoms with van der Waals surface area (Å²) in [5, 5.41) is 3.09. The van der Waals surface area contributed by atoms with E-state index in [9.17, 15) is 13.2 Å². The number of halogens is 3. The van der Waals surface area contributed by atoms with E-state index in [1.165, 1.54) is 6.20 Å². The summed E-state index contributed by atoms with van der Waals surface area (Å²) >= 11 is 0. The molecule has 0 aliphatic carbocycles. The zero-order valence-electron chi connectivity index (χ0n) is 11.8. The molecule has 0 bridgehead atoms. The van der Waals surface area contributed by atoms with Crippen LogP contribution in [0.3, 0.4) is 0 Å². The average Bonchev–Trinajstić information content (AvgIpc) is 2.44. The van der Waals surface area contributed by atoms with Crippen molar-refractivity contribution in [3.05, 3.63) is 59.2 Å². The minimum absolute atomic E-state index is 0.123. The van der Waals surface area contributed by atoms with Crippen molar-refractivity contribution < 1.29 is 13.2 Å². The van der Waals surface area contributed by atoms with E-state index < -0.39 is 17.8 Å². The highest BCUT2D eigenvalue weighted by molar-refractivity contribution is 5.37. The Morgan fingerprint density at radius 1 is 1.24 bits per heavy atom. The van der Waals surface area contributed by atoms with E-state index in [1.807, 2.05) is 6.92 Å². The number of pyridine rings is 2. The van der Waals surface area contributed by atoms with Gasteiger partial charge < -0.3 is 5.32 Å². The Kier molecular flexibility index (Phi) is 4.57. The van der Waals surface area contributed by atoms with Gasteiger partial charge in [-0.25, -0.2) is 0 Å². The molecule has 1 unspecified atom stereocenters. The lowest BCUT2D eigenvalue weighted by atomic mass is 9.96. The number of nitrogens with zero attached hydrogens (tertiary/aromatic N) is 2. The molecule has 21 heavy (non-hydrogen) atoms. The van der Waals surface area contributed by atoms with Gasteiger partial charge in [0.15, 0.2) is 0 Å². The summed E-state index contributed by atoms with van der Waals surface area (Å²) in [6.45, 7) is 4.20. The maximum Gasteiger partial charge on any atom is 0.416 e. The molecular weight excluding hydrogens is 279 g/mol. The maximum absolute atomic E-state index is 13.2. The Morgan fingerprint density at radius 2 is 2.00 bits per heavy atom. The van der Waals surface area contributed by atoms with E-state index in [1.54, 1.807) is 25.3 Å². The van der Waals surface area contributed by atoms with Crippen LogP contribution in [-0.2, 0) is 6.18 Å². The molecule has 2 aromatic rings. The van der Waals surface area contributed by atoms with Crippen molar-refractivity contribution in [2.75, 3.05) is 6.54 Å². The molecule has 1 N–H and O–H groups in total. The Labute approximate surface area is 121 Å². The number of hydrogen-bond donors (Lipinski definition) is 1. The van der Waals surface area contributed by atoms with E-state index in [0.717, 1.165) is 23.5 Å². The largest absolute Gasteiger partial charge is 0.416 e. The molecule has 0 aliphatic rings. The highest BCUT2D eigenvalue weighted by Crippen LogP contribution is 2.36. The molecular formula is C15H16F3N3. The van der Waals surface area contributed by atoms with Gasteiger partial charge in [0.2, 0.25) is 0 Å². The standard InChI is InChI=1S/C15H16F3N3/c1-3-20-14(11-4-7-21-10(2)8-11)12-9-19-6-5-13(12)15(16,17)18/h4-9,14,20H,3H2,1-2H3. The smallest absolute Gasteiger partial charge is 0.306 e. The van der Waals surface area contributed by atoms with E-state index in [0.29, 0.717) is 6.54 Å². The van der Waals surface area contributed by atoms with E-state index in [2.05, 4.69) is 15.3 Å². The first-order valence-electron chi connectivity index (χ1n) is 6.60. The monoisotopic (exact) mass is 295 g/mol. The van der Waals surface area contributed by atoms with Crippen molar-refractivity contribution in [3.63, 3.8) is 0 Å². The highest BCUT2D eigenvalue weighted by Gasteiger charge is 2.35. The van der Waals surface area contributed by atoms with Gasteiger partial charge in [-0.1, -0.05) is 6.92 Å². The summed E-state index contributed by atoms with van der Waals surface area (Å²) in [6.07, 6.45) is -0.383. The lowest BCUT2D eigenvalue weighted by Crippen LogP contribution is -2.25. The van der Waals surface area contributed by atoms with Crippen LogP contribution in [0.15, 0.2) is 36.8 Å². The predicted molar refractivity (Wildman–Crippen MR) is 73.7 cm³/mol. The van der Waals surface area contributed by atoms with Crippen LogP contribution < -0.4 is 5.32 Å². The second kappa shape index (κ2) is 6.22. The number of aryl methyl sites for hydroxylation is 1. The van der Waals surface area contributed by atoms with Crippen LogP contribution in [0, 0.1) is 6.92 Å². The van der Waals surface area contributed by atoms with Gasteiger partial charge in [0.25, 0.3) is 0 Å². The minimum atomic E-state index is -4.41. The van der Waals surface area contributed by atoms with Gasteiger partial charge in [0.1, 0.15) is 0 Å². The Balaban J connectivity index is 2.54. The quantitative estimate of drug-likeness (QED) is 0.938. The lowest BCUT2D eigenvalue weighted by Gasteiger charge is -2.22. The number of hydrogen-bond acceptors (Lipinski definition) is 3. The van der Waals surface area contributed by atoms with Crippen LogP contribution in [0.2, 0.25) is 0 Å². The molecule has 0 aliphatic heterocycles. The first-order valence-corrected chi connectivity index (χ1v) is 6.60. The van der Waals surface area contributed by atoms with Crippen LogP contribution >= 0.6 is 0 Å². The summed E-state index contributed by atoms with van der Waals surface area (Å²) in [6, 6.07) is 3.93. The Hall–Kier alpha value is -1.95. The molecule has 2 rings (SSSR count). The van der Waals surface area contributed by atoms with Crippen LogP contribution in [-0.4, -0.2) is 16.5 Å². The van der Waals surface area contributed by atoms with Crippen molar-refractivity contribution in [1.29, 1.82) is 0 Å². The van der Waals surface area contributed by atoms with Gasteiger partial charge in [-0.15, -0.1) is 0 Å². The first kappa shape index (κ1) is 15.4. The number of rotatable bonds is 4. The van der Waals surface area contributed by atoms with Crippen LogP contribution in [0.5, 0.6) is 0 Å². The van der Waals surface area contributed by atoms with Crippen molar-refractivity contribution in [3.8, 4) is 0 Å². The Morgan fingerprint density at radius 3 is 2.62 bits per heavy atom. The van der Waals surface area contributed by atoms with Crippen LogP contribution in [0.1, 0.15) is 35.3 Å². The zero-order valence-corrected chi connectivity index (χ0v) is 11.8. The van der Waals surface area contributed by atoms with Gasteiger partial charge in [-0.05, 0) is 37.2 Å². The number of nitrogens with one attached hydrogen (secondary N) is 1. The van der Waals surface area contributed by atoms with Gasteiger partial charge >= 0.3 is 6.18 Å². The van der Waals surface area contributed by atoms with Crippen LogP contribution in [0.25, 0.3) is 0 Å². The zero-order chi connectivity index (χ0) is 15.5. The van der Waals surface area contributed by atoms with Gasteiger partial charge in [-0.3, -0.25) is 9.97 Å². The van der Waals surface area contributed by atoms with Crippen molar-refractivity contribution in [2.24, 2.45) is 0 Å². The topological polar surface area (TPSA) is 37.8 Å². The normalized spacial score (nSPS) is 13.2. The summed E-state index contributed by atoms with van der Waals surface area (Å²) in [5.74, 6) is 0. The van der Waals surface area contributed by atoms with Crippen molar-refractivity contribution in [2.45, 2.75) is 26.1 Å². The summed E-state index contributed by atoms with van der Waals surface area (Å²) in [7, 11) is 0. The molecule has 0 aromatic carbocycles. The summed E-state index contributed by atoms with van der Waals surface area (Å²) < 4.78 is 39.5. The molecule has 0 radical (unpaired) electrons. The van der Waals surface area contributed by atoms with Crippen LogP contribution in [0.4, 0.5) is 13.2 Å². The van der Waals surface area contributed by atoms with E-state index >= 15 is 0 Å². The fourth-order valence-electron chi connectivity index (χ4n) is 2.25. The fourth-order valence-corrected chi connectivity index (χ4v) is 2.25. The van der Waals surface area contributed by atoms with Gasteiger partial charge in [0.05, 0.1) is 11.6 Å². The predicted octanol–water partition coefficient (Wildman–Crippen LogP) is 3.50. The van der Waals surface area contributed by atoms with Crippen molar-refractivity contribution >= 4 is 0 Å². The molecule has 112 valence electrons. The van der Waals surface area contributed by atoms with E-state index in [4.69, 9.17) is 0 Å². The molecule has 0 spiro atoms. The lowest BCUT2D eigenvalue weighted by molar-refractivity contribution is -0.138. The Bertz CT molecular complexity index is 611. The van der Waals surface area contributed by atoms with Gasteiger partial charge in [-0.2, -0.15) is 13.2 Å². The molecule has 6 heteroatoms. The third-order valence-electron chi connectivity index (χ3n) is 3.13.